The quantitative estimate of drug-likeness (QED) is 0.545. The van der Waals surface area contributed by atoms with Gasteiger partial charge in [-0.25, -0.2) is 10.4 Å². The Balaban J connectivity index is 1.80. The monoisotopic (exact) mass is 358 g/mol. The fourth-order valence-electron chi connectivity index (χ4n) is 2.15. The third-order valence-electron chi connectivity index (χ3n) is 3.20. The van der Waals surface area contributed by atoms with Gasteiger partial charge in [0.05, 0.1) is 24.4 Å². The molecule has 0 fully saturated rings. The van der Waals surface area contributed by atoms with Crippen molar-refractivity contribution < 1.29 is 4.74 Å². The van der Waals surface area contributed by atoms with E-state index in [0.29, 0.717) is 5.95 Å². The van der Waals surface area contributed by atoms with Crippen molar-refractivity contribution in [3.63, 3.8) is 0 Å². The van der Waals surface area contributed by atoms with Gasteiger partial charge in [-0.05, 0) is 42.8 Å². The number of halogens is 1. The van der Waals surface area contributed by atoms with Crippen LogP contribution in [0.3, 0.4) is 0 Å². The first-order valence-corrected chi connectivity index (χ1v) is 7.54. The number of nitrogens with one attached hydrogen (secondary N) is 2. The molecule has 1 heterocycles. The fraction of sp³-hybridized carbons (Fsp3) is 0.125. The van der Waals surface area contributed by atoms with Gasteiger partial charge in [-0.3, -0.25) is 0 Å². The maximum Gasteiger partial charge on any atom is 0.222 e. The molecule has 0 aliphatic heterocycles. The van der Waals surface area contributed by atoms with E-state index in [1.807, 2.05) is 37.3 Å². The highest BCUT2D eigenvalue weighted by Gasteiger charge is 2.03. The third-order valence-corrected chi connectivity index (χ3v) is 3.70. The maximum absolute atomic E-state index is 5.30. The summed E-state index contributed by atoms with van der Waals surface area (Å²) in [7, 11) is 1.63. The number of hydrogen-bond acceptors (Lipinski definition) is 4. The summed E-state index contributed by atoms with van der Waals surface area (Å²) < 4.78 is 6.27. The first-order valence-electron chi connectivity index (χ1n) is 6.75. The number of anilines is 1. The number of hydrazone groups is 1. The minimum absolute atomic E-state index is 0.603. The van der Waals surface area contributed by atoms with Crippen LogP contribution in [0.25, 0.3) is 11.0 Å². The molecule has 0 aliphatic rings. The molecule has 0 spiro atoms. The summed E-state index contributed by atoms with van der Waals surface area (Å²) in [6.07, 6.45) is 1.70. The van der Waals surface area contributed by atoms with Crippen molar-refractivity contribution >= 4 is 39.1 Å². The normalized spacial score (nSPS) is 11.2. The van der Waals surface area contributed by atoms with E-state index in [4.69, 9.17) is 4.74 Å². The van der Waals surface area contributed by atoms with Crippen molar-refractivity contribution in [3.8, 4) is 5.75 Å². The summed E-state index contributed by atoms with van der Waals surface area (Å²) >= 11 is 3.44. The lowest BCUT2D eigenvalue weighted by Gasteiger charge is -2.04. The number of fused-ring (bicyclic) bond motifs is 1. The van der Waals surface area contributed by atoms with Crippen molar-refractivity contribution in [2.75, 3.05) is 12.5 Å². The largest absolute Gasteiger partial charge is 0.496 e. The third kappa shape index (κ3) is 3.12. The SMILES string of the molecule is COc1ccc(Br)cc1/C=N\Nc1nc2ccc(C)cc2[nH]1. The zero-order chi connectivity index (χ0) is 15.5. The second kappa shape index (κ2) is 6.19. The Kier molecular flexibility index (Phi) is 4.11. The number of imidazole rings is 1. The van der Waals surface area contributed by atoms with E-state index in [-0.39, 0.29) is 0 Å². The van der Waals surface area contributed by atoms with Gasteiger partial charge >= 0.3 is 0 Å². The number of aromatic amines is 1. The molecule has 2 aromatic carbocycles. The molecule has 22 heavy (non-hydrogen) atoms. The standard InChI is InChI=1S/C16H15BrN4O/c1-10-3-5-13-14(7-10)20-16(19-13)21-18-9-11-8-12(17)4-6-15(11)22-2/h3-9H,1-2H3,(H2,19,20,21)/b18-9-. The Morgan fingerprint density at radius 1 is 1.27 bits per heavy atom. The van der Waals surface area contributed by atoms with Crippen molar-refractivity contribution in [2.24, 2.45) is 5.10 Å². The molecule has 0 saturated carbocycles. The topological polar surface area (TPSA) is 62.3 Å². The molecular weight excluding hydrogens is 344 g/mol. The molecule has 2 N–H and O–H groups in total. The Bertz CT molecular complexity index is 841. The van der Waals surface area contributed by atoms with Crippen LogP contribution in [0.4, 0.5) is 5.95 Å². The van der Waals surface area contributed by atoms with Gasteiger partial charge < -0.3 is 9.72 Å². The molecule has 5 nitrogen and oxygen atoms in total. The Morgan fingerprint density at radius 3 is 2.95 bits per heavy atom. The molecule has 0 aliphatic carbocycles. The highest BCUT2D eigenvalue weighted by Crippen LogP contribution is 2.21. The van der Waals surface area contributed by atoms with Gasteiger partial charge in [-0.1, -0.05) is 22.0 Å². The van der Waals surface area contributed by atoms with E-state index in [1.165, 1.54) is 5.56 Å². The number of H-pyrrole nitrogens is 1. The molecule has 0 bridgehead atoms. The number of methoxy groups -OCH3 is 1. The van der Waals surface area contributed by atoms with Crippen molar-refractivity contribution in [2.45, 2.75) is 6.92 Å². The van der Waals surface area contributed by atoms with Crippen molar-refractivity contribution in [3.05, 3.63) is 52.0 Å². The molecule has 112 valence electrons. The minimum Gasteiger partial charge on any atom is -0.496 e. The van der Waals surface area contributed by atoms with E-state index in [0.717, 1.165) is 26.8 Å². The predicted molar refractivity (Wildman–Crippen MR) is 92.7 cm³/mol. The summed E-state index contributed by atoms with van der Waals surface area (Å²) in [5.41, 5.74) is 6.85. The highest BCUT2D eigenvalue weighted by atomic mass is 79.9. The second-order valence-electron chi connectivity index (χ2n) is 4.86. The van der Waals surface area contributed by atoms with E-state index in [9.17, 15) is 0 Å². The minimum atomic E-state index is 0.603. The average molecular weight is 359 g/mol. The molecule has 0 atom stereocenters. The summed E-state index contributed by atoms with van der Waals surface area (Å²) in [4.78, 5) is 7.61. The van der Waals surface area contributed by atoms with Gasteiger partial charge in [-0.15, -0.1) is 0 Å². The number of benzene rings is 2. The number of rotatable bonds is 4. The molecule has 1 aromatic heterocycles. The molecule has 0 radical (unpaired) electrons. The Morgan fingerprint density at radius 2 is 2.14 bits per heavy atom. The maximum atomic E-state index is 5.30. The average Bonchev–Trinajstić information content (AvgIpc) is 2.89. The summed E-state index contributed by atoms with van der Waals surface area (Å²) in [5, 5.41) is 4.21. The molecule has 0 amide bonds. The van der Waals surface area contributed by atoms with Gasteiger partial charge in [-0.2, -0.15) is 5.10 Å². The van der Waals surface area contributed by atoms with Crippen LogP contribution in [0.15, 0.2) is 46.0 Å². The molecule has 3 rings (SSSR count). The number of aromatic nitrogens is 2. The fourth-order valence-corrected chi connectivity index (χ4v) is 2.52. The van der Waals surface area contributed by atoms with Crippen molar-refractivity contribution in [1.82, 2.24) is 9.97 Å². The van der Waals surface area contributed by atoms with Crippen molar-refractivity contribution in [1.29, 1.82) is 0 Å². The predicted octanol–water partition coefficient (Wildman–Crippen LogP) is 4.09. The van der Waals surface area contributed by atoms with Crippen LogP contribution in [0, 0.1) is 6.92 Å². The summed E-state index contributed by atoms with van der Waals surface area (Å²) in [6.45, 7) is 2.05. The first-order chi connectivity index (χ1) is 10.7. The summed E-state index contributed by atoms with van der Waals surface area (Å²) in [5.74, 6) is 1.36. The number of aryl methyl sites for hydroxylation is 1. The van der Waals surface area contributed by atoms with Gasteiger partial charge in [0.15, 0.2) is 0 Å². The molecule has 6 heteroatoms. The van der Waals surface area contributed by atoms with E-state index in [2.05, 4.69) is 42.5 Å². The number of nitrogens with zero attached hydrogens (tertiary/aromatic N) is 2. The van der Waals surface area contributed by atoms with Crippen LogP contribution >= 0.6 is 15.9 Å². The Labute approximate surface area is 136 Å². The van der Waals surface area contributed by atoms with E-state index >= 15 is 0 Å². The smallest absolute Gasteiger partial charge is 0.222 e. The second-order valence-corrected chi connectivity index (χ2v) is 5.78. The zero-order valence-corrected chi connectivity index (χ0v) is 13.8. The number of hydrogen-bond donors (Lipinski definition) is 2. The molecule has 0 saturated heterocycles. The van der Waals surface area contributed by atoms with Crippen LogP contribution in [-0.4, -0.2) is 23.3 Å². The lowest BCUT2D eigenvalue weighted by atomic mass is 10.2. The van der Waals surface area contributed by atoms with Crippen LogP contribution in [0.5, 0.6) is 5.75 Å². The number of ether oxygens (including phenoxy) is 1. The van der Waals surface area contributed by atoms with Gasteiger partial charge in [0, 0.05) is 10.0 Å². The molecule has 3 aromatic rings. The Hall–Kier alpha value is -2.34. The van der Waals surface area contributed by atoms with Gasteiger partial charge in [0.2, 0.25) is 5.95 Å². The molecule has 0 unspecified atom stereocenters. The van der Waals surface area contributed by atoms with Crippen LogP contribution in [0.1, 0.15) is 11.1 Å². The van der Waals surface area contributed by atoms with Gasteiger partial charge in [0.25, 0.3) is 0 Å². The molecular formula is C16H15BrN4O. The lowest BCUT2D eigenvalue weighted by molar-refractivity contribution is 0.414. The van der Waals surface area contributed by atoms with E-state index < -0.39 is 0 Å². The lowest BCUT2D eigenvalue weighted by Crippen LogP contribution is -1.95. The van der Waals surface area contributed by atoms with Crippen LogP contribution in [0.2, 0.25) is 0 Å². The van der Waals surface area contributed by atoms with Crippen LogP contribution < -0.4 is 10.2 Å². The first kappa shape index (κ1) is 14.6. The van der Waals surface area contributed by atoms with E-state index in [1.54, 1.807) is 13.3 Å². The zero-order valence-electron chi connectivity index (χ0n) is 12.2. The summed E-state index contributed by atoms with van der Waals surface area (Å²) in [6, 6.07) is 11.8. The highest BCUT2D eigenvalue weighted by molar-refractivity contribution is 9.10. The van der Waals surface area contributed by atoms with Gasteiger partial charge in [0.1, 0.15) is 5.75 Å². The van der Waals surface area contributed by atoms with Crippen LogP contribution in [-0.2, 0) is 0 Å².